The lowest BCUT2D eigenvalue weighted by atomic mass is 10.1. The van der Waals surface area contributed by atoms with Crippen molar-refractivity contribution in [2.45, 2.75) is 12.8 Å². The number of piperazine rings is 1. The number of hydrogen-bond acceptors (Lipinski definition) is 4. The zero-order valence-electron chi connectivity index (χ0n) is 16.0. The normalized spacial score (nSPS) is 16.0. The van der Waals surface area contributed by atoms with Crippen LogP contribution in [0, 0.1) is 0 Å². The summed E-state index contributed by atoms with van der Waals surface area (Å²) < 4.78 is 0. The monoisotopic (exact) mass is 414 g/mol. The number of aromatic nitrogens is 2. The predicted octanol–water partition coefficient (Wildman–Crippen LogP) is 4.78. The Morgan fingerprint density at radius 1 is 0.964 bits per heavy atom. The van der Waals surface area contributed by atoms with Gasteiger partial charge in [0.25, 0.3) is 0 Å². The highest BCUT2D eigenvalue weighted by Crippen LogP contribution is 2.32. The van der Waals surface area contributed by atoms with Crippen LogP contribution in [0.5, 0.6) is 0 Å². The molecule has 2 aromatic carbocycles. The van der Waals surface area contributed by atoms with E-state index in [1.165, 1.54) is 0 Å². The number of halogens is 2. The van der Waals surface area contributed by atoms with Crippen molar-refractivity contribution in [1.82, 2.24) is 19.8 Å². The Bertz CT molecular complexity index is 968. The fourth-order valence-corrected chi connectivity index (χ4v) is 4.05. The van der Waals surface area contributed by atoms with Gasteiger partial charge in [-0.3, -0.25) is 0 Å². The van der Waals surface area contributed by atoms with Gasteiger partial charge in [0, 0.05) is 53.6 Å². The first-order valence-electron chi connectivity index (χ1n) is 9.72. The van der Waals surface area contributed by atoms with Crippen LogP contribution in [0.2, 0.25) is 10.0 Å². The molecule has 0 N–H and O–H groups in total. The maximum absolute atomic E-state index is 6.46. The molecule has 3 aromatic rings. The minimum Gasteiger partial charge on any atom is -0.304 e. The van der Waals surface area contributed by atoms with Gasteiger partial charge in [-0.15, -0.1) is 0 Å². The van der Waals surface area contributed by atoms with Crippen LogP contribution in [-0.4, -0.2) is 59.5 Å². The molecule has 0 atom stereocenters. The summed E-state index contributed by atoms with van der Waals surface area (Å²) in [5, 5.41) is 2.29. The topological polar surface area (TPSA) is 32.3 Å². The Kier molecular flexibility index (Phi) is 6.12. The molecule has 2 heterocycles. The first kappa shape index (κ1) is 19.6. The fourth-order valence-electron chi connectivity index (χ4n) is 3.65. The third-order valence-corrected chi connectivity index (χ3v) is 5.87. The average Bonchev–Trinajstić information content (AvgIpc) is 2.70. The van der Waals surface area contributed by atoms with Gasteiger partial charge in [0.2, 0.25) is 0 Å². The predicted molar refractivity (Wildman–Crippen MR) is 117 cm³/mol. The third kappa shape index (κ3) is 4.47. The molecule has 1 aliphatic heterocycles. The highest BCUT2D eigenvalue weighted by molar-refractivity contribution is 6.34. The van der Waals surface area contributed by atoms with Crippen LogP contribution in [-0.2, 0) is 6.42 Å². The van der Waals surface area contributed by atoms with Gasteiger partial charge >= 0.3 is 0 Å². The van der Waals surface area contributed by atoms with Gasteiger partial charge in [-0.25, -0.2) is 9.97 Å². The van der Waals surface area contributed by atoms with Crippen LogP contribution >= 0.6 is 23.2 Å². The van der Waals surface area contributed by atoms with Crippen molar-refractivity contribution in [1.29, 1.82) is 0 Å². The number of likely N-dealkylation sites (N-methyl/N-ethyl adjacent to an activating group) is 1. The van der Waals surface area contributed by atoms with E-state index in [4.69, 9.17) is 33.2 Å². The number of nitrogens with zero attached hydrogens (tertiary/aromatic N) is 4. The van der Waals surface area contributed by atoms with Crippen LogP contribution < -0.4 is 0 Å². The van der Waals surface area contributed by atoms with E-state index in [1.807, 2.05) is 42.5 Å². The second-order valence-electron chi connectivity index (χ2n) is 7.38. The number of benzene rings is 2. The van der Waals surface area contributed by atoms with E-state index in [2.05, 4.69) is 16.8 Å². The summed E-state index contributed by atoms with van der Waals surface area (Å²) in [6.45, 7) is 5.64. The van der Waals surface area contributed by atoms with E-state index in [9.17, 15) is 0 Å². The third-order valence-electron chi connectivity index (χ3n) is 5.30. The summed E-state index contributed by atoms with van der Waals surface area (Å²) in [4.78, 5) is 14.6. The van der Waals surface area contributed by atoms with Gasteiger partial charge in [-0.05, 0) is 44.3 Å². The van der Waals surface area contributed by atoms with Crippen molar-refractivity contribution >= 4 is 34.1 Å². The Hall–Kier alpha value is -1.72. The summed E-state index contributed by atoms with van der Waals surface area (Å²) in [7, 11) is 2.18. The molecular formula is C22H24Cl2N4. The SMILES string of the molecule is CN1CCN(CCCc2nc(-c3ccccc3Cl)c3cc(Cl)ccc3n2)CC1. The number of rotatable bonds is 5. The Balaban J connectivity index is 1.59. The molecule has 1 aromatic heterocycles. The highest BCUT2D eigenvalue weighted by atomic mass is 35.5. The minimum atomic E-state index is 0.673. The van der Waals surface area contributed by atoms with Crippen LogP contribution in [0.3, 0.4) is 0 Å². The zero-order chi connectivity index (χ0) is 19.5. The summed E-state index contributed by atoms with van der Waals surface area (Å²) >= 11 is 12.7. The first-order chi connectivity index (χ1) is 13.6. The molecule has 0 bridgehead atoms. The molecule has 1 aliphatic rings. The summed E-state index contributed by atoms with van der Waals surface area (Å²) in [5.74, 6) is 0.860. The van der Waals surface area contributed by atoms with E-state index < -0.39 is 0 Å². The Morgan fingerprint density at radius 2 is 1.75 bits per heavy atom. The van der Waals surface area contributed by atoms with Gasteiger partial charge in [0.15, 0.2) is 0 Å². The van der Waals surface area contributed by atoms with E-state index in [-0.39, 0.29) is 0 Å². The quantitative estimate of drug-likeness (QED) is 0.600. The lowest BCUT2D eigenvalue weighted by Crippen LogP contribution is -2.44. The summed E-state index contributed by atoms with van der Waals surface area (Å²) in [6, 6.07) is 13.6. The van der Waals surface area contributed by atoms with E-state index in [0.29, 0.717) is 10.0 Å². The van der Waals surface area contributed by atoms with Crippen molar-refractivity contribution < 1.29 is 0 Å². The van der Waals surface area contributed by atoms with Crippen LogP contribution in [0.4, 0.5) is 0 Å². The van der Waals surface area contributed by atoms with Gasteiger partial charge in [-0.2, -0.15) is 0 Å². The molecule has 146 valence electrons. The molecule has 0 radical (unpaired) electrons. The van der Waals surface area contributed by atoms with Crippen LogP contribution in [0.15, 0.2) is 42.5 Å². The Labute approximate surface area is 176 Å². The molecule has 0 spiro atoms. The van der Waals surface area contributed by atoms with E-state index >= 15 is 0 Å². The van der Waals surface area contributed by atoms with Gasteiger partial charge < -0.3 is 9.80 Å². The van der Waals surface area contributed by atoms with Gasteiger partial charge in [0.1, 0.15) is 5.82 Å². The zero-order valence-corrected chi connectivity index (χ0v) is 17.5. The smallest absolute Gasteiger partial charge is 0.129 e. The van der Waals surface area contributed by atoms with Gasteiger partial charge in [-0.1, -0.05) is 41.4 Å². The fraction of sp³-hybridized carbons (Fsp3) is 0.364. The average molecular weight is 415 g/mol. The maximum atomic E-state index is 6.46. The standard InChI is InChI=1S/C22H24Cl2N4/c1-27-11-13-28(14-12-27)10-4-7-21-25-20-9-8-16(23)15-18(20)22(26-21)17-5-2-3-6-19(17)24/h2-3,5-6,8-9,15H,4,7,10-14H2,1H3. The number of aryl methyl sites for hydroxylation is 1. The summed E-state index contributed by atoms with van der Waals surface area (Å²) in [5.41, 5.74) is 2.68. The van der Waals surface area contributed by atoms with Crippen molar-refractivity contribution in [3.8, 4) is 11.3 Å². The summed E-state index contributed by atoms with van der Waals surface area (Å²) in [6.07, 6.45) is 1.90. The van der Waals surface area contributed by atoms with Gasteiger partial charge in [0.05, 0.1) is 11.2 Å². The van der Waals surface area contributed by atoms with E-state index in [0.717, 1.165) is 73.6 Å². The highest BCUT2D eigenvalue weighted by Gasteiger charge is 2.15. The lowest BCUT2D eigenvalue weighted by Gasteiger charge is -2.32. The molecule has 1 saturated heterocycles. The molecule has 0 unspecified atom stereocenters. The minimum absolute atomic E-state index is 0.673. The Morgan fingerprint density at radius 3 is 2.54 bits per heavy atom. The second-order valence-corrected chi connectivity index (χ2v) is 8.22. The molecule has 6 heteroatoms. The van der Waals surface area contributed by atoms with Crippen LogP contribution in [0.25, 0.3) is 22.2 Å². The number of fused-ring (bicyclic) bond motifs is 1. The van der Waals surface area contributed by atoms with Crippen molar-refractivity contribution in [3.05, 3.63) is 58.3 Å². The molecule has 28 heavy (non-hydrogen) atoms. The molecular weight excluding hydrogens is 391 g/mol. The number of hydrogen-bond donors (Lipinski definition) is 0. The molecule has 0 amide bonds. The van der Waals surface area contributed by atoms with Crippen molar-refractivity contribution in [2.24, 2.45) is 0 Å². The largest absolute Gasteiger partial charge is 0.304 e. The molecule has 0 saturated carbocycles. The molecule has 4 rings (SSSR count). The van der Waals surface area contributed by atoms with Crippen LogP contribution in [0.1, 0.15) is 12.2 Å². The lowest BCUT2D eigenvalue weighted by molar-refractivity contribution is 0.153. The van der Waals surface area contributed by atoms with Crippen molar-refractivity contribution in [3.63, 3.8) is 0 Å². The second kappa shape index (κ2) is 8.75. The molecule has 4 nitrogen and oxygen atoms in total. The van der Waals surface area contributed by atoms with Crippen molar-refractivity contribution in [2.75, 3.05) is 39.8 Å². The first-order valence-corrected chi connectivity index (χ1v) is 10.5. The molecule has 0 aliphatic carbocycles. The van der Waals surface area contributed by atoms with E-state index in [1.54, 1.807) is 0 Å². The molecule has 1 fully saturated rings. The maximum Gasteiger partial charge on any atom is 0.129 e.